The maximum Gasteiger partial charge on any atom is 0.133 e. The van der Waals surface area contributed by atoms with Crippen molar-refractivity contribution in [3.8, 4) is 6.07 Å². The first-order valence-electron chi connectivity index (χ1n) is 7.09. The van der Waals surface area contributed by atoms with Crippen LogP contribution in [0.25, 0.3) is 0 Å². The van der Waals surface area contributed by atoms with E-state index in [1.165, 1.54) is 0 Å². The third-order valence-corrected chi connectivity index (χ3v) is 4.20. The lowest BCUT2D eigenvalue weighted by Gasteiger charge is -2.24. The highest BCUT2D eigenvalue weighted by molar-refractivity contribution is 6.35. The topological polar surface area (TPSA) is 58.0 Å². The van der Waals surface area contributed by atoms with Gasteiger partial charge in [0.1, 0.15) is 17.6 Å². The van der Waals surface area contributed by atoms with Crippen molar-refractivity contribution in [2.75, 3.05) is 23.7 Å². The zero-order valence-electron chi connectivity index (χ0n) is 12.6. The second-order valence-corrected chi connectivity index (χ2v) is 5.76. The van der Waals surface area contributed by atoms with E-state index in [9.17, 15) is 5.26 Å². The molecule has 0 bridgehead atoms. The minimum Gasteiger partial charge on any atom is -0.396 e. The third kappa shape index (κ3) is 3.16. The van der Waals surface area contributed by atoms with E-state index in [2.05, 4.69) is 24.8 Å². The molecule has 0 aliphatic heterocycles. The van der Waals surface area contributed by atoms with Crippen LogP contribution in [-0.2, 0) is 6.54 Å². The summed E-state index contributed by atoms with van der Waals surface area (Å²) in [6.07, 6.45) is 0. The number of rotatable bonds is 5. The monoisotopic (exact) mass is 336 g/mol. The highest BCUT2D eigenvalue weighted by Gasteiger charge is 2.18. The molecular weight excluding hydrogens is 319 g/mol. The van der Waals surface area contributed by atoms with Crippen LogP contribution < -0.4 is 10.6 Å². The average molecular weight is 337 g/mol. The Kier molecular flexibility index (Phi) is 5.23. The quantitative estimate of drug-likeness (QED) is 0.892. The molecule has 0 unspecified atom stereocenters. The van der Waals surface area contributed by atoms with Crippen LogP contribution in [0.4, 0.5) is 11.5 Å². The molecule has 1 aromatic heterocycles. The van der Waals surface area contributed by atoms with Gasteiger partial charge in [-0.2, -0.15) is 5.26 Å². The Labute approximate surface area is 140 Å². The summed E-state index contributed by atoms with van der Waals surface area (Å²) in [5.74, 6) is 0.854. The van der Waals surface area contributed by atoms with Gasteiger partial charge in [-0.25, -0.2) is 0 Å². The summed E-state index contributed by atoms with van der Waals surface area (Å²) in [5, 5.41) is 10.5. The Morgan fingerprint density at radius 3 is 2.45 bits per heavy atom. The van der Waals surface area contributed by atoms with E-state index in [0.717, 1.165) is 24.5 Å². The van der Waals surface area contributed by atoms with Gasteiger partial charge < -0.3 is 15.2 Å². The molecular formula is C16H18Cl2N4. The maximum absolute atomic E-state index is 9.38. The van der Waals surface area contributed by atoms with E-state index >= 15 is 0 Å². The lowest BCUT2D eigenvalue weighted by Crippen LogP contribution is -2.26. The standard InChI is InChI=1S/C16H18Cl2N4/c1-3-21(4-2)16-15(20)8-13(9-19)22(16)10-11-5-6-12(17)7-14(11)18/h5-8H,3-4,10,20H2,1-2H3. The third-order valence-electron chi connectivity index (χ3n) is 3.62. The predicted molar refractivity (Wildman–Crippen MR) is 92.7 cm³/mol. The molecule has 0 radical (unpaired) electrons. The van der Waals surface area contributed by atoms with Crippen LogP contribution in [0.2, 0.25) is 10.0 Å². The van der Waals surface area contributed by atoms with Gasteiger partial charge in [-0.3, -0.25) is 0 Å². The van der Waals surface area contributed by atoms with Gasteiger partial charge in [0.25, 0.3) is 0 Å². The molecule has 22 heavy (non-hydrogen) atoms. The molecule has 1 heterocycles. The number of nitrogens with zero attached hydrogens (tertiary/aromatic N) is 3. The summed E-state index contributed by atoms with van der Waals surface area (Å²) in [5.41, 5.74) is 8.13. The zero-order valence-corrected chi connectivity index (χ0v) is 14.1. The van der Waals surface area contributed by atoms with Crippen molar-refractivity contribution in [1.29, 1.82) is 5.26 Å². The molecule has 4 nitrogen and oxygen atoms in total. The van der Waals surface area contributed by atoms with Crippen molar-refractivity contribution < 1.29 is 0 Å². The van der Waals surface area contributed by atoms with Crippen molar-refractivity contribution in [3.05, 3.63) is 45.6 Å². The molecule has 0 spiro atoms. The lowest BCUT2D eigenvalue weighted by atomic mass is 10.2. The van der Waals surface area contributed by atoms with Crippen molar-refractivity contribution in [2.45, 2.75) is 20.4 Å². The van der Waals surface area contributed by atoms with Gasteiger partial charge in [-0.15, -0.1) is 0 Å². The van der Waals surface area contributed by atoms with Gasteiger partial charge in [0.2, 0.25) is 0 Å². The van der Waals surface area contributed by atoms with Crippen molar-refractivity contribution in [2.24, 2.45) is 0 Å². The summed E-state index contributed by atoms with van der Waals surface area (Å²) in [6.45, 7) is 6.21. The highest BCUT2D eigenvalue weighted by atomic mass is 35.5. The molecule has 1 aromatic carbocycles. The minimum absolute atomic E-state index is 0.474. The summed E-state index contributed by atoms with van der Waals surface area (Å²) in [7, 11) is 0. The number of nitriles is 1. The molecule has 0 aliphatic carbocycles. The summed E-state index contributed by atoms with van der Waals surface area (Å²) in [4.78, 5) is 2.12. The fourth-order valence-electron chi connectivity index (χ4n) is 2.51. The number of aromatic nitrogens is 1. The first-order chi connectivity index (χ1) is 10.5. The highest BCUT2D eigenvalue weighted by Crippen LogP contribution is 2.30. The number of benzene rings is 1. The minimum atomic E-state index is 0.474. The van der Waals surface area contributed by atoms with Gasteiger partial charge in [0.15, 0.2) is 0 Å². The van der Waals surface area contributed by atoms with E-state index in [1.54, 1.807) is 18.2 Å². The van der Waals surface area contributed by atoms with E-state index < -0.39 is 0 Å². The SMILES string of the molecule is CCN(CC)c1c(N)cc(C#N)n1Cc1ccc(Cl)cc1Cl. The van der Waals surface area contributed by atoms with Crippen LogP contribution in [-0.4, -0.2) is 17.7 Å². The smallest absolute Gasteiger partial charge is 0.133 e. The van der Waals surface area contributed by atoms with Crippen LogP contribution in [0.3, 0.4) is 0 Å². The molecule has 6 heteroatoms. The van der Waals surface area contributed by atoms with Crippen LogP contribution >= 0.6 is 23.2 Å². The molecule has 116 valence electrons. The van der Waals surface area contributed by atoms with Crippen LogP contribution in [0.1, 0.15) is 25.1 Å². The van der Waals surface area contributed by atoms with Crippen LogP contribution in [0.15, 0.2) is 24.3 Å². The van der Waals surface area contributed by atoms with E-state index in [-0.39, 0.29) is 0 Å². The summed E-state index contributed by atoms with van der Waals surface area (Å²) >= 11 is 12.2. The molecule has 0 amide bonds. The molecule has 2 N–H and O–H groups in total. The lowest BCUT2D eigenvalue weighted by molar-refractivity contribution is 0.740. The Morgan fingerprint density at radius 1 is 1.23 bits per heavy atom. The zero-order chi connectivity index (χ0) is 16.3. The van der Waals surface area contributed by atoms with E-state index in [4.69, 9.17) is 28.9 Å². The fraction of sp³-hybridized carbons (Fsp3) is 0.312. The second-order valence-electron chi connectivity index (χ2n) is 4.91. The summed E-state index contributed by atoms with van der Waals surface area (Å²) < 4.78 is 1.90. The van der Waals surface area contributed by atoms with E-state index in [1.807, 2.05) is 10.6 Å². The van der Waals surface area contributed by atoms with E-state index in [0.29, 0.717) is 28.0 Å². The molecule has 2 aromatic rings. The Balaban J connectivity index is 2.51. The van der Waals surface area contributed by atoms with Crippen molar-refractivity contribution in [1.82, 2.24) is 4.57 Å². The second kappa shape index (κ2) is 6.95. The predicted octanol–water partition coefficient (Wildman–Crippen LogP) is 4.14. The fourth-order valence-corrected chi connectivity index (χ4v) is 2.98. The van der Waals surface area contributed by atoms with Crippen LogP contribution in [0, 0.1) is 11.3 Å². The number of halogens is 2. The van der Waals surface area contributed by atoms with Gasteiger partial charge >= 0.3 is 0 Å². The molecule has 0 atom stereocenters. The first kappa shape index (κ1) is 16.5. The first-order valence-corrected chi connectivity index (χ1v) is 7.85. The Bertz CT molecular complexity index is 712. The average Bonchev–Trinajstić information content (AvgIpc) is 2.80. The number of hydrogen-bond acceptors (Lipinski definition) is 3. The van der Waals surface area contributed by atoms with Crippen LogP contribution in [0.5, 0.6) is 0 Å². The number of nitrogen functional groups attached to an aromatic ring is 1. The van der Waals surface area contributed by atoms with Gasteiger partial charge in [-0.05, 0) is 37.6 Å². The Morgan fingerprint density at radius 2 is 1.91 bits per heavy atom. The number of nitrogens with two attached hydrogens (primary N) is 1. The summed E-state index contributed by atoms with van der Waals surface area (Å²) in [6, 6.07) is 9.27. The molecule has 2 rings (SSSR count). The molecule has 0 fully saturated rings. The van der Waals surface area contributed by atoms with Crippen molar-refractivity contribution in [3.63, 3.8) is 0 Å². The molecule has 0 saturated carbocycles. The van der Waals surface area contributed by atoms with Crippen molar-refractivity contribution >= 4 is 34.7 Å². The molecule has 0 saturated heterocycles. The van der Waals surface area contributed by atoms with Gasteiger partial charge in [0.05, 0.1) is 12.2 Å². The number of anilines is 2. The Hall–Kier alpha value is -1.83. The maximum atomic E-state index is 9.38. The largest absolute Gasteiger partial charge is 0.396 e. The van der Waals surface area contributed by atoms with Gasteiger partial charge in [-0.1, -0.05) is 29.3 Å². The molecule has 0 aliphatic rings. The normalized spacial score (nSPS) is 10.5. The number of hydrogen-bond donors (Lipinski definition) is 1. The van der Waals surface area contributed by atoms with Gasteiger partial charge in [0, 0.05) is 23.1 Å².